The lowest BCUT2D eigenvalue weighted by atomic mass is 9.99. The molecule has 1 unspecified atom stereocenters. The van der Waals surface area contributed by atoms with E-state index < -0.39 is 9.84 Å². The molecule has 0 amide bonds. The molecule has 0 saturated heterocycles. The molecule has 134 valence electrons. The fourth-order valence-corrected chi connectivity index (χ4v) is 4.08. The maximum absolute atomic E-state index is 12.3. The molecule has 0 bridgehead atoms. The van der Waals surface area contributed by atoms with Crippen LogP contribution in [0.3, 0.4) is 0 Å². The number of unbranched alkanes of at least 4 members (excludes halogenated alkanes) is 2. The number of rotatable bonds is 11. The second-order valence-corrected chi connectivity index (χ2v) is 8.04. The second-order valence-electron chi connectivity index (χ2n) is 5.97. The molecule has 7 heteroatoms. The molecule has 1 aromatic heterocycles. The van der Waals surface area contributed by atoms with E-state index in [2.05, 4.69) is 6.92 Å². The minimum Gasteiger partial charge on any atom is -0.494 e. The third kappa shape index (κ3) is 5.42. The largest absolute Gasteiger partial charge is 0.494 e. The van der Waals surface area contributed by atoms with Crippen LogP contribution in [0.2, 0.25) is 0 Å². The van der Waals surface area contributed by atoms with Gasteiger partial charge < -0.3 is 15.3 Å². The predicted octanol–water partition coefficient (Wildman–Crippen LogP) is 2.66. The Morgan fingerprint density at radius 3 is 2.43 bits per heavy atom. The first kappa shape index (κ1) is 19.8. The van der Waals surface area contributed by atoms with Gasteiger partial charge in [0.25, 0.3) is 0 Å². The number of aromatic hydroxyl groups is 2. The molecule has 0 fully saturated rings. The summed E-state index contributed by atoms with van der Waals surface area (Å²) in [5.41, 5.74) is 0. The Kier molecular flexibility index (Phi) is 7.91. The Morgan fingerprint density at radius 2 is 1.87 bits per heavy atom. The highest BCUT2D eigenvalue weighted by Gasteiger charge is 2.25. The van der Waals surface area contributed by atoms with Crippen molar-refractivity contribution in [3.63, 3.8) is 0 Å². The molecule has 0 aromatic carbocycles. The summed E-state index contributed by atoms with van der Waals surface area (Å²) in [6.07, 6.45) is 4.72. The van der Waals surface area contributed by atoms with Gasteiger partial charge in [0.15, 0.2) is 15.7 Å². The maximum atomic E-state index is 12.3. The van der Waals surface area contributed by atoms with E-state index in [9.17, 15) is 18.6 Å². The summed E-state index contributed by atoms with van der Waals surface area (Å²) in [7, 11) is -3.67. The number of sulfone groups is 1. The van der Waals surface area contributed by atoms with Crippen LogP contribution in [0.5, 0.6) is 11.8 Å². The highest BCUT2D eigenvalue weighted by molar-refractivity contribution is 7.91. The molecule has 1 atom stereocenters. The number of aliphatic hydroxyl groups is 1. The van der Waals surface area contributed by atoms with Gasteiger partial charge in [-0.3, -0.25) is 4.57 Å². The van der Waals surface area contributed by atoms with Gasteiger partial charge in [-0.1, -0.05) is 33.1 Å². The molecule has 0 aliphatic heterocycles. The second kappa shape index (κ2) is 9.17. The van der Waals surface area contributed by atoms with Crippen LogP contribution in [0, 0.1) is 5.92 Å². The zero-order chi connectivity index (χ0) is 17.5. The molecule has 0 saturated carbocycles. The average Bonchev–Trinajstić information content (AvgIpc) is 2.79. The highest BCUT2D eigenvalue weighted by Crippen LogP contribution is 2.34. The Labute approximate surface area is 138 Å². The molecule has 0 radical (unpaired) electrons. The monoisotopic (exact) mass is 347 g/mol. The van der Waals surface area contributed by atoms with Gasteiger partial charge in [0, 0.05) is 19.2 Å². The Hall–Kier alpha value is -1.21. The van der Waals surface area contributed by atoms with Crippen molar-refractivity contribution >= 4 is 9.84 Å². The first-order valence-corrected chi connectivity index (χ1v) is 9.97. The van der Waals surface area contributed by atoms with Gasteiger partial charge in [-0.2, -0.15) is 0 Å². The number of aliphatic hydroxyl groups excluding tert-OH is 1. The molecule has 0 aliphatic rings. The number of nitrogens with zero attached hydrogens (tertiary/aromatic N) is 1. The first-order valence-electron chi connectivity index (χ1n) is 8.32. The SMILES string of the molecule is CCCCC(CC)Cn1c(O)cc(S(=O)(=O)CCCCO)c1O. The van der Waals surface area contributed by atoms with Crippen molar-refractivity contribution in [3.05, 3.63) is 6.07 Å². The molecule has 6 nitrogen and oxygen atoms in total. The van der Waals surface area contributed by atoms with E-state index in [4.69, 9.17) is 5.11 Å². The van der Waals surface area contributed by atoms with Crippen molar-refractivity contribution < 1.29 is 23.7 Å². The Morgan fingerprint density at radius 1 is 1.17 bits per heavy atom. The van der Waals surface area contributed by atoms with Crippen LogP contribution in [-0.2, 0) is 16.4 Å². The molecule has 1 rings (SSSR count). The molecule has 1 aromatic rings. The molecule has 1 heterocycles. The molecule has 3 N–H and O–H groups in total. The van der Waals surface area contributed by atoms with E-state index in [-0.39, 0.29) is 34.9 Å². The van der Waals surface area contributed by atoms with E-state index in [1.165, 1.54) is 4.57 Å². The smallest absolute Gasteiger partial charge is 0.213 e. The molecule has 0 aliphatic carbocycles. The van der Waals surface area contributed by atoms with E-state index in [0.29, 0.717) is 19.4 Å². The van der Waals surface area contributed by atoms with Crippen molar-refractivity contribution in [1.29, 1.82) is 0 Å². The van der Waals surface area contributed by atoms with E-state index >= 15 is 0 Å². The number of hydrogen-bond donors (Lipinski definition) is 3. The summed E-state index contributed by atoms with van der Waals surface area (Å²) in [5.74, 6) is -0.485. The van der Waals surface area contributed by atoms with Gasteiger partial charge in [-0.05, 0) is 25.2 Å². The lowest BCUT2D eigenvalue weighted by Gasteiger charge is -2.16. The van der Waals surface area contributed by atoms with Crippen molar-refractivity contribution in [2.75, 3.05) is 12.4 Å². The molecule has 0 spiro atoms. The lowest BCUT2D eigenvalue weighted by Crippen LogP contribution is -2.11. The fourth-order valence-electron chi connectivity index (χ4n) is 2.60. The Balaban J connectivity index is 2.94. The standard InChI is InChI=1S/C16H29NO5S/c1-3-5-8-13(4-2)12-17-15(19)11-14(16(17)20)23(21,22)10-7-6-9-18/h11,13,18-20H,3-10,12H2,1-2H3. The summed E-state index contributed by atoms with van der Waals surface area (Å²) in [4.78, 5) is -0.224. The topological polar surface area (TPSA) is 99.8 Å². The van der Waals surface area contributed by atoms with Gasteiger partial charge in [-0.25, -0.2) is 8.42 Å². The maximum Gasteiger partial charge on any atom is 0.213 e. The van der Waals surface area contributed by atoms with Crippen LogP contribution in [0.4, 0.5) is 0 Å². The van der Waals surface area contributed by atoms with Gasteiger partial charge in [-0.15, -0.1) is 0 Å². The average molecular weight is 347 g/mol. The molecular weight excluding hydrogens is 318 g/mol. The first-order chi connectivity index (χ1) is 10.9. The zero-order valence-corrected chi connectivity index (χ0v) is 14.8. The highest BCUT2D eigenvalue weighted by atomic mass is 32.2. The number of hydrogen-bond acceptors (Lipinski definition) is 5. The summed E-state index contributed by atoms with van der Waals surface area (Å²) in [6, 6.07) is 1.12. The van der Waals surface area contributed by atoms with Crippen molar-refractivity contribution in [1.82, 2.24) is 4.57 Å². The van der Waals surface area contributed by atoms with Crippen LogP contribution in [0.15, 0.2) is 11.0 Å². The number of aromatic nitrogens is 1. The van der Waals surface area contributed by atoms with E-state index in [1.54, 1.807) is 0 Å². The summed E-state index contributed by atoms with van der Waals surface area (Å²) >= 11 is 0. The van der Waals surface area contributed by atoms with Crippen LogP contribution in [0.1, 0.15) is 52.4 Å². The summed E-state index contributed by atoms with van der Waals surface area (Å²) in [5, 5.41) is 29.0. The van der Waals surface area contributed by atoms with Crippen LogP contribution >= 0.6 is 0 Å². The van der Waals surface area contributed by atoms with E-state index in [0.717, 1.165) is 31.7 Å². The molecular formula is C16H29NO5S. The lowest BCUT2D eigenvalue weighted by molar-refractivity contribution is 0.287. The Bertz CT molecular complexity index is 580. The minimum absolute atomic E-state index is 0.0661. The third-order valence-electron chi connectivity index (χ3n) is 4.15. The van der Waals surface area contributed by atoms with Gasteiger partial charge in [0.05, 0.1) is 5.75 Å². The third-order valence-corrected chi connectivity index (χ3v) is 5.95. The van der Waals surface area contributed by atoms with Gasteiger partial charge in [0.1, 0.15) is 4.90 Å². The van der Waals surface area contributed by atoms with Gasteiger partial charge in [0.2, 0.25) is 5.88 Å². The normalized spacial score (nSPS) is 13.3. The van der Waals surface area contributed by atoms with Crippen LogP contribution < -0.4 is 0 Å². The van der Waals surface area contributed by atoms with Crippen molar-refractivity contribution in [2.45, 2.75) is 63.8 Å². The zero-order valence-electron chi connectivity index (χ0n) is 14.0. The van der Waals surface area contributed by atoms with Gasteiger partial charge >= 0.3 is 0 Å². The summed E-state index contributed by atoms with van der Waals surface area (Å²) in [6.45, 7) is 4.49. The van der Waals surface area contributed by atoms with Crippen LogP contribution in [-0.4, -0.2) is 40.7 Å². The molecule has 23 heavy (non-hydrogen) atoms. The fraction of sp³-hybridized carbons (Fsp3) is 0.750. The predicted molar refractivity (Wildman–Crippen MR) is 89.4 cm³/mol. The van der Waals surface area contributed by atoms with E-state index in [1.807, 2.05) is 6.92 Å². The quantitative estimate of drug-likeness (QED) is 0.534. The van der Waals surface area contributed by atoms with Crippen molar-refractivity contribution in [2.24, 2.45) is 5.92 Å². The van der Waals surface area contributed by atoms with Crippen LogP contribution in [0.25, 0.3) is 0 Å². The van der Waals surface area contributed by atoms with Crippen molar-refractivity contribution in [3.8, 4) is 11.8 Å². The minimum atomic E-state index is -3.67. The summed E-state index contributed by atoms with van der Waals surface area (Å²) < 4.78 is 25.8.